The predicted octanol–water partition coefficient (Wildman–Crippen LogP) is 2.36. The third-order valence-corrected chi connectivity index (χ3v) is 4.33. The quantitative estimate of drug-likeness (QED) is 0.826. The Morgan fingerprint density at radius 3 is 3.20 bits per heavy atom. The second-order valence-electron chi connectivity index (χ2n) is 4.19. The molecule has 15 heavy (non-hydrogen) atoms. The molecular weight excluding hydrogens is 206 g/mol. The van der Waals surface area contributed by atoms with Crippen LogP contribution in [-0.4, -0.2) is 22.0 Å². The van der Waals surface area contributed by atoms with Crippen molar-refractivity contribution in [3.05, 3.63) is 18.3 Å². The molecule has 3 N–H and O–H groups in total. The topological polar surface area (TPSA) is 50.9 Å². The number of nitrogen functional groups attached to an aromatic ring is 1. The molecule has 2 rings (SSSR count). The van der Waals surface area contributed by atoms with Crippen LogP contribution in [0.2, 0.25) is 0 Å². The van der Waals surface area contributed by atoms with Crippen LogP contribution in [-0.2, 0) is 0 Å². The summed E-state index contributed by atoms with van der Waals surface area (Å²) in [5.41, 5.74) is 6.72. The molecule has 0 saturated carbocycles. The summed E-state index contributed by atoms with van der Waals surface area (Å²) in [7, 11) is 0. The van der Waals surface area contributed by atoms with Crippen LogP contribution in [0.25, 0.3) is 0 Å². The molecule has 1 fully saturated rings. The van der Waals surface area contributed by atoms with E-state index < -0.39 is 0 Å². The molecule has 1 aliphatic rings. The van der Waals surface area contributed by atoms with Gasteiger partial charge in [-0.25, -0.2) is 4.98 Å². The van der Waals surface area contributed by atoms with E-state index in [4.69, 9.17) is 5.73 Å². The highest BCUT2D eigenvalue weighted by atomic mass is 32.2. The maximum absolute atomic E-state index is 5.77. The van der Waals surface area contributed by atoms with Gasteiger partial charge in [0.05, 0.1) is 5.69 Å². The van der Waals surface area contributed by atoms with E-state index in [0.717, 1.165) is 12.2 Å². The van der Waals surface area contributed by atoms with Gasteiger partial charge in [0.1, 0.15) is 5.82 Å². The van der Waals surface area contributed by atoms with Gasteiger partial charge in [0.25, 0.3) is 0 Å². The summed E-state index contributed by atoms with van der Waals surface area (Å²) in [6.07, 6.45) is 4.32. The smallest absolute Gasteiger partial charge is 0.146 e. The van der Waals surface area contributed by atoms with E-state index in [1.165, 1.54) is 18.6 Å². The van der Waals surface area contributed by atoms with Crippen molar-refractivity contribution in [2.75, 3.05) is 23.3 Å². The maximum Gasteiger partial charge on any atom is 0.146 e. The molecular formula is C11H17N3S. The molecule has 1 unspecified atom stereocenters. The summed E-state index contributed by atoms with van der Waals surface area (Å²) < 4.78 is 0.363. The van der Waals surface area contributed by atoms with Crippen LogP contribution in [0.1, 0.15) is 19.8 Å². The van der Waals surface area contributed by atoms with E-state index in [0.29, 0.717) is 10.6 Å². The molecule has 4 heteroatoms. The number of nitrogens with zero attached hydrogens (tertiary/aromatic N) is 1. The molecule has 0 spiro atoms. The van der Waals surface area contributed by atoms with Gasteiger partial charge in [0, 0.05) is 17.5 Å². The molecule has 3 nitrogen and oxygen atoms in total. The Labute approximate surface area is 94.8 Å². The summed E-state index contributed by atoms with van der Waals surface area (Å²) in [4.78, 5) is 4.06. The molecule has 1 saturated heterocycles. The summed E-state index contributed by atoms with van der Waals surface area (Å²) in [5.74, 6) is 1.87. The van der Waals surface area contributed by atoms with E-state index in [-0.39, 0.29) is 0 Å². The standard InChI is InChI=1S/C11H17N3S/c1-11(5-3-7-15-11)8-14-9-4-2-6-13-10(9)12/h2,4,6,14H,3,5,7-8H2,1H3,(H2,12,13). The number of nitrogens with one attached hydrogen (secondary N) is 1. The number of rotatable bonds is 3. The SMILES string of the molecule is CC1(CNc2cccnc2N)CCCS1. The Hall–Kier alpha value is -0.900. The monoisotopic (exact) mass is 223 g/mol. The molecule has 0 radical (unpaired) electrons. The van der Waals surface area contributed by atoms with Crippen LogP contribution in [0.5, 0.6) is 0 Å². The van der Waals surface area contributed by atoms with Crippen molar-refractivity contribution in [2.24, 2.45) is 0 Å². The lowest BCUT2D eigenvalue weighted by atomic mass is 10.1. The number of hydrogen-bond donors (Lipinski definition) is 2. The summed E-state index contributed by atoms with van der Waals surface area (Å²) in [5, 5.41) is 3.39. The van der Waals surface area contributed by atoms with E-state index in [9.17, 15) is 0 Å². The zero-order valence-electron chi connectivity index (χ0n) is 8.99. The molecule has 0 bridgehead atoms. The van der Waals surface area contributed by atoms with Gasteiger partial charge < -0.3 is 11.1 Å². The van der Waals surface area contributed by atoms with E-state index in [2.05, 4.69) is 17.2 Å². The van der Waals surface area contributed by atoms with Gasteiger partial charge in [-0.1, -0.05) is 0 Å². The van der Waals surface area contributed by atoms with Gasteiger partial charge in [0.2, 0.25) is 0 Å². The fourth-order valence-corrected chi connectivity index (χ4v) is 3.07. The van der Waals surface area contributed by atoms with Crippen molar-refractivity contribution in [3.8, 4) is 0 Å². The van der Waals surface area contributed by atoms with Gasteiger partial charge in [0.15, 0.2) is 0 Å². The Morgan fingerprint density at radius 2 is 2.53 bits per heavy atom. The zero-order chi connectivity index (χ0) is 10.7. The summed E-state index contributed by atoms with van der Waals surface area (Å²) in [6, 6.07) is 3.88. The highest BCUT2D eigenvalue weighted by Gasteiger charge is 2.29. The molecule has 0 aliphatic carbocycles. The van der Waals surface area contributed by atoms with Crippen molar-refractivity contribution in [1.82, 2.24) is 4.98 Å². The van der Waals surface area contributed by atoms with Gasteiger partial charge in [-0.05, 0) is 37.7 Å². The summed E-state index contributed by atoms with van der Waals surface area (Å²) in [6.45, 7) is 3.28. The second kappa shape index (κ2) is 4.31. The molecule has 1 atom stereocenters. The Morgan fingerprint density at radius 1 is 1.67 bits per heavy atom. The fourth-order valence-electron chi connectivity index (χ4n) is 1.83. The molecule has 0 amide bonds. The van der Waals surface area contributed by atoms with Crippen LogP contribution >= 0.6 is 11.8 Å². The van der Waals surface area contributed by atoms with E-state index in [1.54, 1.807) is 6.20 Å². The first-order valence-corrected chi connectivity index (χ1v) is 6.26. The Kier molecular flexibility index (Phi) is 3.05. The average Bonchev–Trinajstić information content (AvgIpc) is 2.65. The minimum atomic E-state index is 0.363. The van der Waals surface area contributed by atoms with Crippen LogP contribution in [0.4, 0.5) is 11.5 Å². The highest BCUT2D eigenvalue weighted by molar-refractivity contribution is 8.00. The predicted molar refractivity (Wildman–Crippen MR) is 67.2 cm³/mol. The molecule has 1 aromatic rings. The molecule has 1 aromatic heterocycles. The molecule has 82 valence electrons. The number of hydrogen-bond acceptors (Lipinski definition) is 4. The lowest BCUT2D eigenvalue weighted by Crippen LogP contribution is -2.27. The number of aromatic nitrogens is 1. The number of nitrogens with two attached hydrogens (primary N) is 1. The Bertz CT molecular complexity index is 334. The number of thioether (sulfide) groups is 1. The number of pyridine rings is 1. The van der Waals surface area contributed by atoms with Gasteiger partial charge >= 0.3 is 0 Å². The van der Waals surface area contributed by atoms with Crippen molar-refractivity contribution < 1.29 is 0 Å². The first-order chi connectivity index (χ1) is 7.20. The first-order valence-electron chi connectivity index (χ1n) is 5.28. The number of anilines is 2. The normalized spacial score (nSPS) is 25.4. The van der Waals surface area contributed by atoms with Gasteiger partial charge in [-0.2, -0.15) is 11.8 Å². The molecule has 0 aromatic carbocycles. The lowest BCUT2D eigenvalue weighted by Gasteiger charge is -2.23. The Balaban J connectivity index is 1.95. The van der Waals surface area contributed by atoms with Crippen molar-refractivity contribution in [2.45, 2.75) is 24.5 Å². The third-order valence-electron chi connectivity index (χ3n) is 2.79. The highest BCUT2D eigenvalue weighted by Crippen LogP contribution is 2.37. The lowest BCUT2D eigenvalue weighted by molar-refractivity contribution is 0.635. The van der Waals surface area contributed by atoms with Crippen molar-refractivity contribution >= 4 is 23.3 Å². The van der Waals surface area contributed by atoms with Crippen LogP contribution in [0.3, 0.4) is 0 Å². The average molecular weight is 223 g/mol. The molecule has 2 heterocycles. The largest absolute Gasteiger partial charge is 0.382 e. The van der Waals surface area contributed by atoms with E-state index >= 15 is 0 Å². The van der Waals surface area contributed by atoms with E-state index in [1.807, 2.05) is 23.9 Å². The third kappa shape index (κ3) is 2.56. The summed E-state index contributed by atoms with van der Waals surface area (Å²) >= 11 is 2.05. The minimum absolute atomic E-state index is 0.363. The van der Waals surface area contributed by atoms with Crippen LogP contribution in [0.15, 0.2) is 18.3 Å². The first kappa shape index (κ1) is 10.6. The molecule has 1 aliphatic heterocycles. The van der Waals surface area contributed by atoms with Crippen LogP contribution < -0.4 is 11.1 Å². The van der Waals surface area contributed by atoms with Gasteiger partial charge in [-0.3, -0.25) is 0 Å². The fraction of sp³-hybridized carbons (Fsp3) is 0.545. The van der Waals surface area contributed by atoms with Crippen LogP contribution in [0, 0.1) is 0 Å². The minimum Gasteiger partial charge on any atom is -0.382 e. The van der Waals surface area contributed by atoms with Crippen molar-refractivity contribution in [3.63, 3.8) is 0 Å². The van der Waals surface area contributed by atoms with Gasteiger partial charge in [-0.15, -0.1) is 0 Å². The van der Waals surface area contributed by atoms with Crippen molar-refractivity contribution in [1.29, 1.82) is 0 Å². The zero-order valence-corrected chi connectivity index (χ0v) is 9.81. The maximum atomic E-state index is 5.77. The second-order valence-corrected chi connectivity index (χ2v) is 5.87.